The molecular weight excluding hydrogens is 210 g/mol. The SMILES string of the molecule is Cc1sccc1Nc1nnc(N(C)C)[nH]1. The van der Waals surface area contributed by atoms with Crippen molar-refractivity contribution in [3.8, 4) is 0 Å². The number of nitrogens with zero attached hydrogens (tertiary/aromatic N) is 3. The van der Waals surface area contributed by atoms with E-state index >= 15 is 0 Å². The number of hydrogen-bond acceptors (Lipinski definition) is 5. The molecule has 0 aliphatic carbocycles. The predicted octanol–water partition coefficient (Wildman–Crippen LogP) is 1.98. The lowest BCUT2D eigenvalue weighted by molar-refractivity contribution is 0.999. The number of aromatic amines is 1. The highest BCUT2D eigenvalue weighted by Gasteiger charge is 2.05. The molecule has 2 N–H and O–H groups in total. The molecule has 2 heterocycles. The molecule has 0 aliphatic rings. The first-order valence-electron chi connectivity index (χ1n) is 4.58. The van der Waals surface area contributed by atoms with Crippen molar-refractivity contribution in [1.29, 1.82) is 0 Å². The van der Waals surface area contributed by atoms with E-state index in [-0.39, 0.29) is 0 Å². The van der Waals surface area contributed by atoms with E-state index < -0.39 is 0 Å². The second-order valence-corrected chi connectivity index (χ2v) is 4.53. The average molecular weight is 223 g/mol. The Balaban J connectivity index is 2.15. The van der Waals surface area contributed by atoms with Gasteiger partial charge in [-0.05, 0) is 18.4 Å². The highest BCUT2D eigenvalue weighted by atomic mass is 32.1. The van der Waals surface area contributed by atoms with Crippen molar-refractivity contribution in [3.05, 3.63) is 16.3 Å². The Bertz CT molecular complexity index is 445. The monoisotopic (exact) mass is 223 g/mol. The van der Waals surface area contributed by atoms with Crippen LogP contribution in [0.4, 0.5) is 17.6 Å². The van der Waals surface area contributed by atoms with Crippen molar-refractivity contribution < 1.29 is 0 Å². The van der Waals surface area contributed by atoms with Crippen LogP contribution in [-0.4, -0.2) is 29.3 Å². The largest absolute Gasteiger partial charge is 0.347 e. The van der Waals surface area contributed by atoms with E-state index in [1.165, 1.54) is 4.88 Å². The van der Waals surface area contributed by atoms with E-state index in [9.17, 15) is 0 Å². The van der Waals surface area contributed by atoms with Crippen LogP contribution >= 0.6 is 11.3 Å². The fourth-order valence-corrected chi connectivity index (χ4v) is 1.81. The number of anilines is 3. The molecule has 0 aliphatic heterocycles. The number of thiophene rings is 1. The lowest BCUT2D eigenvalue weighted by Crippen LogP contribution is -2.10. The lowest BCUT2D eigenvalue weighted by atomic mass is 10.4. The molecule has 2 aromatic rings. The summed E-state index contributed by atoms with van der Waals surface area (Å²) in [6, 6.07) is 2.03. The number of aryl methyl sites for hydroxylation is 1. The van der Waals surface area contributed by atoms with E-state index in [0.29, 0.717) is 5.95 Å². The minimum Gasteiger partial charge on any atom is -0.347 e. The van der Waals surface area contributed by atoms with Gasteiger partial charge in [0.15, 0.2) is 0 Å². The van der Waals surface area contributed by atoms with E-state index in [2.05, 4.69) is 27.4 Å². The van der Waals surface area contributed by atoms with Gasteiger partial charge < -0.3 is 10.2 Å². The quantitative estimate of drug-likeness (QED) is 0.835. The smallest absolute Gasteiger partial charge is 0.227 e. The standard InChI is InChI=1S/C9H13N5S/c1-6-7(4-5-15-6)10-8-11-9(13-12-8)14(2)3/h4-5H,1-3H3,(H2,10,11,12,13). The van der Waals surface area contributed by atoms with Crippen LogP contribution in [0.2, 0.25) is 0 Å². The summed E-state index contributed by atoms with van der Waals surface area (Å²) < 4.78 is 0. The highest BCUT2D eigenvalue weighted by molar-refractivity contribution is 7.10. The van der Waals surface area contributed by atoms with E-state index in [1.54, 1.807) is 11.3 Å². The maximum absolute atomic E-state index is 4.00. The lowest BCUT2D eigenvalue weighted by Gasteiger charge is -2.05. The minimum absolute atomic E-state index is 0.667. The Morgan fingerprint density at radius 2 is 2.20 bits per heavy atom. The van der Waals surface area contributed by atoms with Crippen molar-refractivity contribution in [1.82, 2.24) is 15.2 Å². The Hall–Kier alpha value is -1.56. The molecule has 15 heavy (non-hydrogen) atoms. The number of H-pyrrole nitrogens is 1. The molecule has 2 aromatic heterocycles. The molecule has 0 bridgehead atoms. The van der Waals surface area contributed by atoms with Crippen molar-refractivity contribution in [3.63, 3.8) is 0 Å². The summed E-state index contributed by atoms with van der Waals surface area (Å²) in [5, 5.41) is 13.2. The first-order chi connectivity index (χ1) is 7.16. The zero-order chi connectivity index (χ0) is 10.8. The van der Waals surface area contributed by atoms with E-state index in [4.69, 9.17) is 0 Å². The molecule has 5 nitrogen and oxygen atoms in total. The van der Waals surface area contributed by atoms with Gasteiger partial charge in [0.05, 0.1) is 5.69 Å². The predicted molar refractivity (Wildman–Crippen MR) is 63.0 cm³/mol. The van der Waals surface area contributed by atoms with Gasteiger partial charge in [-0.25, -0.2) is 0 Å². The second kappa shape index (κ2) is 3.90. The first kappa shape index (κ1) is 9.97. The summed E-state index contributed by atoms with van der Waals surface area (Å²) in [5.41, 5.74) is 1.07. The molecule has 2 rings (SSSR count). The van der Waals surface area contributed by atoms with Crippen molar-refractivity contribution in [2.45, 2.75) is 6.92 Å². The van der Waals surface area contributed by atoms with Gasteiger partial charge in [0.25, 0.3) is 0 Å². The number of aromatic nitrogens is 3. The number of hydrogen-bond donors (Lipinski definition) is 2. The van der Waals surface area contributed by atoms with Gasteiger partial charge in [-0.1, -0.05) is 0 Å². The number of rotatable bonds is 3. The molecule has 0 fully saturated rings. The van der Waals surface area contributed by atoms with Crippen molar-refractivity contribution >= 4 is 28.9 Å². The average Bonchev–Trinajstić information content (AvgIpc) is 2.77. The van der Waals surface area contributed by atoms with Crippen LogP contribution in [0, 0.1) is 6.92 Å². The molecule has 0 saturated carbocycles. The molecule has 0 radical (unpaired) electrons. The molecular formula is C9H13N5S. The van der Waals surface area contributed by atoms with Gasteiger partial charge in [-0.15, -0.1) is 21.5 Å². The van der Waals surface area contributed by atoms with Gasteiger partial charge in [-0.3, -0.25) is 4.98 Å². The van der Waals surface area contributed by atoms with Crippen LogP contribution in [0.1, 0.15) is 4.88 Å². The number of nitrogens with one attached hydrogen (secondary N) is 2. The van der Waals surface area contributed by atoms with Crippen LogP contribution in [0.5, 0.6) is 0 Å². The van der Waals surface area contributed by atoms with Gasteiger partial charge >= 0.3 is 0 Å². The van der Waals surface area contributed by atoms with Crippen LogP contribution in [-0.2, 0) is 0 Å². The Labute approximate surface area is 92.2 Å². The molecule has 80 valence electrons. The molecule has 0 saturated heterocycles. The van der Waals surface area contributed by atoms with E-state index in [0.717, 1.165) is 11.6 Å². The summed E-state index contributed by atoms with van der Waals surface area (Å²) in [7, 11) is 3.83. The summed E-state index contributed by atoms with van der Waals surface area (Å²) in [6.07, 6.45) is 0. The van der Waals surface area contributed by atoms with Crippen LogP contribution in [0.25, 0.3) is 0 Å². The van der Waals surface area contributed by atoms with Crippen molar-refractivity contribution in [2.24, 2.45) is 0 Å². The van der Waals surface area contributed by atoms with E-state index in [1.807, 2.05) is 30.4 Å². The molecule has 0 atom stereocenters. The fourth-order valence-electron chi connectivity index (χ4n) is 1.15. The third-order valence-corrected chi connectivity index (χ3v) is 2.86. The summed E-state index contributed by atoms with van der Waals surface area (Å²) in [4.78, 5) is 6.18. The van der Waals surface area contributed by atoms with Crippen LogP contribution < -0.4 is 10.2 Å². The third-order valence-electron chi connectivity index (χ3n) is 2.01. The summed E-state index contributed by atoms with van der Waals surface area (Å²) in [6.45, 7) is 2.07. The summed E-state index contributed by atoms with van der Waals surface area (Å²) >= 11 is 1.70. The van der Waals surface area contributed by atoms with Gasteiger partial charge in [0, 0.05) is 19.0 Å². The zero-order valence-electron chi connectivity index (χ0n) is 8.90. The Morgan fingerprint density at radius 3 is 2.73 bits per heavy atom. The van der Waals surface area contributed by atoms with Gasteiger partial charge in [0.2, 0.25) is 11.9 Å². The third kappa shape index (κ3) is 2.10. The fraction of sp³-hybridized carbons (Fsp3) is 0.333. The second-order valence-electron chi connectivity index (χ2n) is 3.41. The maximum atomic E-state index is 4.00. The highest BCUT2D eigenvalue weighted by Crippen LogP contribution is 2.23. The topological polar surface area (TPSA) is 56.8 Å². The van der Waals surface area contributed by atoms with Gasteiger partial charge in [-0.2, -0.15) is 0 Å². The molecule has 0 spiro atoms. The minimum atomic E-state index is 0.667. The zero-order valence-corrected chi connectivity index (χ0v) is 9.72. The summed E-state index contributed by atoms with van der Waals surface area (Å²) in [5.74, 6) is 1.41. The van der Waals surface area contributed by atoms with Crippen molar-refractivity contribution in [2.75, 3.05) is 24.3 Å². The first-order valence-corrected chi connectivity index (χ1v) is 5.46. The normalized spacial score (nSPS) is 10.3. The Kier molecular flexibility index (Phi) is 2.59. The van der Waals surface area contributed by atoms with Crippen LogP contribution in [0.15, 0.2) is 11.4 Å². The molecule has 0 aromatic carbocycles. The molecule has 6 heteroatoms. The molecule has 0 amide bonds. The maximum Gasteiger partial charge on any atom is 0.227 e. The molecule has 0 unspecified atom stereocenters. The van der Waals surface area contributed by atoms with Gasteiger partial charge in [0.1, 0.15) is 0 Å². The Morgan fingerprint density at radius 1 is 1.40 bits per heavy atom. The van der Waals surface area contributed by atoms with Crippen LogP contribution in [0.3, 0.4) is 0 Å².